The minimum Gasteiger partial charge on any atom is -0.507 e. The van der Waals surface area contributed by atoms with Gasteiger partial charge in [-0.25, -0.2) is 5.01 Å². The molecule has 0 aromatic heterocycles. The van der Waals surface area contributed by atoms with Crippen molar-refractivity contribution < 1.29 is 63.3 Å². The lowest BCUT2D eigenvalue weighted by Crippen LogP contribution is -2.49. The van der Waals surface area contributed by atoms with Crippen molar-refractivity contribution in [2.75, 3.05) is 38.7 Å². The fraction of sp³-hybridized carbons (Fsp3) is 0.592. The van der Waals surface area contributed by atoms with Gasteiger partial charge >= 0.3 is 11.8 Å². The first-order chi connectivity index (χ1) is 30.7. The number of unbranched alkanes of at least 4 members (excludes halogenated alkanes) is 1. The van der Waals surface area contributed by atoms with Gasteiger partial charge in [-0.1, -0.05) is 73.1 Å². The Labute approximate surface area is 383 Å². The Balaban J connectivity index is 1.94. The number of anilines is 1. The van der Waals surface area contributed by atoms with Gasteiger partial charge in [0.05, 0.1) is 41.2 Å². The molecule has 0 fully saturated rings. The summed E-state index contributed by atoms with van der Waals surface area (Å²) in [6.07, 6.45) is 6.83. The van der Waals surface area contributed by atoms with Gasteiger partial charge in [0, 0.05) is 86.9 Å². The molecular formula is C49H71N3O13. The maximum absolute atomic E-state index is 14.7. The van der Waals surface area contributed by atoms with Crippen LogP contribution in [0.1, 0.15) is 111 Å². The van der Waals surface area contributed by atoms with Gasteiger partial charge < -0.3 is 49.4 Å². The number of ketones is 1. The number of esters is 1. The molecule has 16 nitrogen and oxygen atoms in total. The molecule has 5 N–H and O–H groups in total. The minimum absolute atomic E-state index is 0.0547. The SMILES string of the molecule is CCCCN(C(=O)COc1cc2c(O)c3c(O)c(C)c4c(c13)C(=O)[C@@](C)(O/C=C/[C@H](OC)[C@@H](C)[C@@H](OC(C)=O)[C@H](C)[C@@H](O)[C@H](C)[C@H](O)[C@H](C)/C=C/C=C(/C)C(=O)N2)O4)N(CCC)CCC. The lowest BCUT2D eigenvalue weighted by molar-refractivity contribution is -0.160. The van der Waals surface area contributed by atoms with E-state index in [0.29, 0.717) is 19.6 Å². The topological polar surface area (TPSA) is 214 Å². The number of aromatic hydroxyl groups is 2. The molecule has 0 radical (unpaired) electrons. The summed E-state index contributed by atoms with van der Waals surface area (Å²) in [6.45, 7) is 20.0. The average molecular weight is 910 g/mol. The fourth-order valence-corrected chi connectivity index (χ4v) is 8.56. The van der Waals surface area contributed by atoms with E-state index in [1.54, 1.807) is 51.8 Å². The van der Waals surface area contributed by atoms with Crippen LogP contribution in [0.25, 0.3) is 10.8 Å². The van der Waals surface area contributed by atoms with Gasteiger partial charge in [-0.3, -0.25) is 24.2 Å². The molecule has 0 spiro atoms. The number of aliphatic hydroxyl groups excluding tert-OH is 2. The van der Waals surface area contributed by atoms with Gasteiger partial charge in [-0.2, -0.15) is 0 Å². The van der Waals surface area contributed by atoms with E-state index in [4.69, 9.17) is 23.7 Å². The zero-order valence-electron chi connectivity index (χ0n) is 40.1. The highest BCUT2D eigenvalue weighted by molar-refractivity contribution is 6.21. The number of hydrogen-bond donors (Lipinski definition) is 5. The maximum Gasteiger partial charge on any atom is 0.312 e. The third kappa shape index (κ3) is 11.6. The molecule has 0 saturated heterocycles. The number of rotatable bonds is 13. The zero-order valence-corrected chi connectivity index (χ0v) is 40.1. The highest BCUT2D eigenvalue weighted by Crippen LogP contribution is 2.54. The van der Waals surface area contributed by atoms with E-state index in [1.165, 1.54) is 52.4 Å². The summed E-state index contributed by atoms with van der Waals surface area (Å²) >= 11 is 0. The number of fused-ring (bicyclic) bond motifs is 14. The van der Waals surface area contributed by atoms with Crippen molar-refractivity contribution in [3.63, 3.8) is 0 Å². The predicted molar refractivity (Wildman–Crippen MR) is 246 cm³/mol. The number of aliphatic hydroxyl groups is 2. The van der Waals surface area contributed by atoms with Gasteiger partial charge in [0.2, 0.25) is 0 Å². The first kappa shape index (κ1) is 52.5. The number of ether oxygens (including phenoxy) is 5. The van der Waals surface area contributed by atoms with E-state index in [9.17, 15) is 39.6 Å². The van der Waals surface area contributed by atoms with Gasteiger partial charge in [0.25, 0.3) is 17.6 Å². The summed E-state index contributed by atoms with van der Waals surface area (Å²) in [6, 6.07) is 1.30. The number of phenols is 2. The Kier molecular flexibility index (Phi) is 18.4. The van der Waals surface area contributed by atoms with Gasteiger partial charge in [-0.05, 0) is 39.2 Å². The second-order valence-corrected chi connectivity index (χ2v) is 17.5. The third-order valence-corrected chi connectivity index (χ3v) is 12.5. The molecule has 3 aliphatic rings. The van der Waals surface area contributed by atoms with Crippen LogP contribution in [0.2, 0.25) is 0 Å². The Morgan fingerprint density at radius 2 is 1.55 bits per heavy atom. The fourth-order valence-electron chi connectivity index (χ4n) is 8.56. The summed E-state index contributed by atoms with van der Waals surface area (Å²) in [5.74, 6) is -8.03. The smallest absolute Gasteiger partial charge is 0.312 e. The van der Waals surface area contributed by atoms with Crippen LogP contribution in [0.3, 0.4) is 0 Å². The summed E-state index contributed by atoms with van der Waals surface area (Å²) in [7, 11) is 1.44. The van der Waals surface area contributed by atoms with Gasteiger partial charge in [0.1, 0.15) is 23.4 Å². The lowest BCUT2D eigenvalue weighted by Gasteiger charge is -2.38. The molecule has 9 atom stereocenters. The largest absolute Gasteiger partial charge is 0.507 e. The molecule has 3 heterocycles. The minimum atomic E-state index is -2.04. The summed E-state index contributed by atoms with van der Waals surface area (Å²) in [5, 5.41) is 52.7. The normalized spacial score (nSPS) is 28.3. The Morgan fingerprint density at radius 3 is 2.15 bits per heavy atom. The highest BCUT2D eigenvalue weighted by Gasteiger charge is 2.50. The number of amides is 2. The van der Waals surface area contributed by atoms with E-state index in [1.807, 2.05) is 25.8 Å². The molecule has 2 amide bonds. The number of benzene rings is 2. The number of methoxy groups -OCH3 is 1. The number of nitrogens with zero attached hydrogens (tertiary/aromatic N) is 2. The molecule has 0 unspecified atom stereocenters. The monoisotopic (exact) mass is 909 g/mol. The second kappa shape index (κ2) is 22.8. The number of hydrogen-bond acceptors (Lipinski definition) is 14. The Morgan fingerprint density at radius 1 is 0.892 bits per heavy atom. The van der Waals surface area contributed by atoms with Crippen molar-refractivity contribution in [1.29, 1.82) is 0 Å². The van der Waals surface area contributed by atoms with Crippen molar-refractivity contribution in [3.05, 3.63) is 53.3 Å². The van der Waals surface area contributed by atoms with Crippen LogP contribution >= 0.6 is 0 Å². The lowest BCUT2D eigenvalue weighted by atomic mass is 9.78. The molecule has 2 aromatic carbocycles. The van der Waals surface area contributed by atoms with Crippen molar-refractivity contribution in [1.82, 2.24) is 10.0 Å². The van der Waals surface area contributed by atoms with Crippen molar-refractivity contribution in [2.45, 2.75) is 132 Å². The van der Waals surface area contributed by atoms with Crippen molar-refractivity contribution in [2.24, 2.45) is 23.7 Å². The zero-order chi connectivity index (χ0) is 48.5. The van der Waals surface area contributed by atoms with Crippen LogP contribution in [0, 0.1) is 30.6 Å². The Hall–Kier alpha value is -5.16. The molecule has 5 bridgehead atoms. The quantitative estimate of drug-likeness (QED) is 0.0771. The molecule has 3 aliphatic heterocycles. The van der Waals surface area contributed by atoms with Gasteiger partial charge in [-0.15, -0.1) is 0 Å². The van der Waals surface area contributed by atoms with Crippen LogP contribution in [-0.2, 0) is 28.6 Å². The molecule has 0 aliphatic carbocycles. The molecular weight excluding hydrogens is 839 g/mol. The number of hydrazine groups is 1. The van der Waals surface area contributed by atoms with Crippen LogP contribution in [-0.4, -0.2) is 118 Å². The number of nitrogens with one attached hydrogen (secondary N) is 1. The third-order valence-electron chi connectivity index (χ3n) is 12.5. The predicted octanol–water partition coefficient (Wildman–Crippen LogP) is 7.09. The average Bonchev–Trinajstić information content (AvgIpc) is 3.53. The standard InChI is InChI=1S/C49H71N3O13/c1-13-16-23-52(51(21-14-2)22-15-3)37(54)26-62-36-25-34-44(58)39-38(36)40-46(32(9)43(39)57)65-49(11,47(40)59)63-24-20-35(61-12)29(6)45(64-33(10)53)31(8)42(56)30(7)41(55)27(4)18-17-19-28(5)48(60)50-34/h17-20,24-25,27,29-31,35,41-42,45,55-58H,13-16,21-23,26H2,1-12H3,(H,50,60)/b18-17+,24-20+,28-19-/t27-,29-,30-,31-,35+,41-,42+,45-,49+/m1/s1. The van der Waals surface area contributed by atoms with Crippen LogP contribution in [0.15, 0.2) is 42.2 Å². The first-order valence-corrected chi connectivity index (χ1v) is 22.7. The molecule has 360 valence electrons. The van der Waals surface area contributed by atoms with E-state index in [-0.39, 0.29) is 50.6 Å². The summed E-state index contributed by atoms with van der Waals surface area (Å²) in [5.41, 5.74) is 0.00208. The summed E-state index contributed by atoms with van der Waals surface area (Å²) < 4.78 is 30.2. The number of phenolic OH excluding ortho intramolecular Hbond substituents is 2. The summed E-state index contributed by atoms with van der Waals surface area (Å²) in [4.78, 5) is 54.9. The maximum atomic E-state index is 14.7. The van der Waals surface area contributed by atoms with Crippen LogP contribution in [0.4, 0.5) is 5.69 Å². The van der Waals surface area contributed by atoms with Crippen molar-refractivity contribution in [3.8, 4) is 23.0 Å². The van der Waals surface area contributed by atoms with E-state index >= 15 is 0 Å². The number of carbonyl (C=O) groups excluding carboxylic acids is 4. The molecule has 5 rings (SSSR count). The number of Topliss-reactive ketones (excluding diaryl/α,β-unsaturated/α-hetero) is 1. The van der Waals surface area contributed by atoms with Gasteiger partial charge in [0.15, 0.2) is 12.4 Å². The Bertz CT molecular complexity index is 2130. The second-order valence-electron chi connectivity index (χ2n) is 17.5. The van der Waals surface area contributed by atoms with Crippen LogP contribution < -0.4 is 14.8 Å². The first-order valence-electron chi connectivity index (χ1n) is 22.7. The number of carbonyl (C=O) groups is 4. The molecule has 0 saturated carbocycles. The number of allylic oxidation sites excluding steroid dienone is 2. The van der Waals surface area contributed by atoms with E-state index in [2.05, 4.69) is 5.32 Å². The molecule has 16 heteroatoms. The van der Waals surface area contributed by atoms with Crippen molar-refractivity contribution >= 4 is 40.0 Å². The van der Waals surface area contributed by atoms with E-state index < -0.39 is 89.6 Å². The molecule has 65 heavy (non-hydrogen) atoms. The van der Waals surface area contributed by atoms with E-state index in [0.717, 1.165) is 25.7 Å². The molecule has 2 aromatic rings. The highest BCUT2D eigenvalue weighted by atomic mass is 16.7. The van der Waals surface area contributed by atoms with Crippen LogP contribution in [0.5, 0.6) is 23.0 Å².